The van der Waals surface area contributed by atoms with Crippen LogP contribution < -0.4 is 0 Å². The van der Waals surface area contributed by atoms with Crippen molar-refractivity contribution in [3.05, 3.63) is 114 Å². The SMILES string of the molecule is CC[C@@H]1C[C@@H]2C[C@H](C)CC(c3ccc(-c4ccccc4-c4nc(-c5ccccc5)nc(-c5cccc(C#N)c5)n4)cc3)(C1)C2. The highest BCUT2D eigenvalue weighted by molar-refractivity contribution is 5.82. The van der Waals surface area contributed by atoms with Crippen molar-refractivity contribution in [2.24, 2.45) is 17.8 Å². The van der Waals surface area contributed by atoms with E-state index in [0.29, 0.717) is 28.5 Å². The van der Waals surface area contributed by atoms with Gasteiger partial charge in [0.2, 0.25) is 0 Å². The van der Waals surface area contributed by atoms with Gasteiger partial charge in [0.15, 0.2) is 17.5 Å². The molecule has 4 aromatic carbocycles. The number of nitrogens with zero attached hydrogens (tertiary/aromatic N) is 4. The summed E-state index contributed by atoms with van der Waals surface area (Å²) >= 11 is 0. The standard InChI is InChI=1S/C40H38N4/c1-3-28-21-30-20-27(2)23-40(24-28,25-30)34-18-16-31(17-19-34)35-14-7-8-15-36(35)39-43-37(32-11-5-4-6-12-32)42-38(44-39)33-13-9-10-29(22-33)26-41/h4-19,22,27-28,30H,3,20-21,23-25H2,1-2H3/t27-,28+,30-,40?/m0/s1. The first-order chi connectivity index (χ1) is 21.5. The maximum atomic E-state index is 9.52. The van der Waals surface area contributed by atoms with E-state index in [-0.39, 0.29) is 0 Å². The average Bonchev–Trinajstić information content (AvgIpc) is 3.08. The first-order valence-electron chi connectivity index (χ1n) is 16.1. The molecule has 1 aromatic heterocycles. The van der Waals surface area contributed by atoms with E-state index in [2.05, 4.69) is 62.4 Å². The van der Waals surface area contributed by atoms with Gasteiger partial charge in [0.25, 0.3) is 0 Å². The van der Waals surface area contributed by atoms with Crippen LogP contribution in [0.5, 0.6) is 0 Å². The van der Waals surface area contributed by atoms with Gasteiger partial charge in [-0.1, -0.05) is 111 Å². The molecule has 0 amide bonds. The van der Waals surface area contributed by atoms with Crippen molar-refractivity contribution in [2.75, 3.05) is 0 Å². The van der Waals surface area contributed by atoms with E-state index in [9.17, 15) is 5.26 Å². The minimum absolute atomic E-state index is 0.310. The fourth-order valence-corrected chi connectivity index (χ4v) is 8.16. The number of rotatable bonds is 6. The third-order valence-electron chi connectivity index (χ3n) is 9.97. The molecule has 2 aliphatic carbocycles. The third kappa shape index (κ3) is 5.44. The second-order valence-corrected chi connectivity index (χ2v) is 13.1. The molecule has 2 bridgehead atoms. The molecule has 2 fully saturated rings. The average molecular weight is 575 g/mol. The highest BCUT2D eigenvalue weighted by atomic mass is 15.0. The van der Waals surface area contributed by atoms with Gasteiger partial charge in [0, 0.05) is 16.7 Å². The zero-order valence-electron chi connectivity index (χ0n) is 25.6. The number of aromatic nitrogens is 3. The van der Waals surface area contributed by atoms with Crippen molar-refractivity contribution in [1.82, 2.24) is 15.0 Å². The predicted molar refractivity (Wildman–Crippen MR) is 177 cm³/mol. The minimum atomic E-state index is 0.310. The molecule has 4 atom stereocenters. The normalized spacial score (nSPS) is 22.7. The summed E-state index contributed by atoms with van der Waals surface area (Å²) in [6.07, 6.45) is 8.06. The number of benzene rings is 4. The molecule has 2 saturated carbocycles. The van der Waals surface area contributed by atoms with Crippen LogP contribution in [0.3, 0.4) is 0 Å². The maximum absolute atomic E-state index is 9.52. The van der Waals surface area contributed by atoms with Gasteiger partial charge in [0.1, 0.15) is 0 Å². The molecular weight excluding hydrogens is 536 g/mol. The maximum Gasteiger partial charge on any atom is 0.164 e. The zero-order valence-corrected chi connectivity index (χ0v) is 25.6. The van der Waals surface area contributed by atoms with Gasteiger partial charge in [-0.05, 0) is 84.1 Å². The van der Waals surface area contributed by atoms with Crippen LogP contribution in [-0.4, -0.2) is 15.0 Å². The Bertz CT molecular complexity index is 1820. The summed E-state index contributed by atoms with van der Waals surface area (Å²) in [5.74, 6) is 4.28. The molecule has 44 heavy (non-hydrogen) atoms. The Hall–Kier alpha value is -4.62. The summed E-state index contributed by atoms with van der Waals surface area (Å²) in [4.78, 5) is 14.8. The summed E-state index contributed by atoms with van der Waals surface area (Å²) in [6.45, 7) is 4.83. The van der Waals surface area contributed by atoms with E-state index in [4.69, 9.17) is 15.0 Å². The minimum Gasteiger partial charge on any atom is -0.208 e. The quantitative estimate of drug-likeness (QED) is 0.202. The van der Waals surface area contributed by atoms with Crippen molar-refractivity contribution in [1.29, 1.82) is 5.26 Å². The Morgan fingerprint density at radius 1 is 0.682 bits per heavy atom. The van der Waals surface area contributed by atoms with E-state index < -0.39 is 0 Å². The zero-order chi connectivity index (χ0) is 30.1. The van der Waals surface area contributed by atoms with Gasteiger partial charge in [-0.2, -0.15) is 5.26 Å². The lowest BCUT2D eigenvalue weighted by atomic mass is 9.54. The topological polar surface area (TPSA) is 62.5 Å². The summed E-state index contributed by atoms with van der Waals surface area (Å²) in [5.41, 5.74) is 7.35. The molecule has 5 aromatic rings. The van der Waals surface area contributed by atoms with Crippen LogP contribution in [0.2, 0.25) is 0 Å². The molecule has 4 heteroatoms. The van der Waals surface area contributed by atoms with Crippen LogP contribution in [0, 0.1) is 29.1 Å². The van der Waals surface area contributed by atoms with Gasteiger partial charge in [0.05, 0.1) is 11.6 Å². The van der Waals surface area contributed by atoms with Gasteiger partial charge in [-0.15, -0.1) is 0 Å². The molecule has 0 N–H and O–H groups in total. The molecule has 1 heterocycles. The molecule has 7 rings (SSSR count). The van der Waals surface area contributed by atoms with Crippen molar-refractivity contribution in [2.45, 2.75) is 57.8 Å². The van der Waals surface area contributed by atoms with Gasteiger partial charge in [-0.3, -0.25) is 0 Å². The second kappa shape index (κ2) is 11.8. The highest BCUT2D eigenvalue weighted by Gasteiger charge is 2.45. The van der Waals surface area contributed by atoms with Crippen LogP contribution in [0.1, 0.15) is 63.5 Å². The number of nitriles is 1. The largest absolute Gasteiger partial charge is 0.208 e. The van der Waals surface area contributed by atoms with Gasteiger partial charge >= 0.3 is 0 Å². The van der Waals surface area contributed by atoms with Crippen LogP contribution >= 0.6 is 0 Å². The van der Waals surface area contributed by atoms with E-state index in [0.717, 1.165) is 40.0 Å². The fraction of sp³-hybridized carbons (Fsp3) is 0.300. The van der Waals surface area contributed by atoms with Gasteiger partial charge in [-0.25, -0.2) is 15.0 Å². The van der Waals surface area contributed by atoms with Crippen LogP contribution in [-0.2, 0) is 5.41 Å². The first kappa shape index (κ1) is 28.2. The fourth-order valence-electron chi connectivity index (χ4n) is 8.16. The molecular formula is C40H38N4. The summed E-state index contributed by atoms with van der Waals surface area (Å²) in [5, 5.41) is 9.52. The Kier molecular flexibility index (Phi) is 7.56. The highest BCUT2D eigenvalue weighted by Crippen LogP contribution is 2.54. The van der Waals surface area contributed by atoms with E-state index in [1.54, 1.807) is 6.07 Å². The lowest BCUT2D eigenvalue weighted by Crippen LogP contribution is -2.42. The van der Waals surface area contributed by atoms with Crippen LogP contribution in [0.15, 0.2) is 103 Å². The predicted octanol–water partition coefficient (Wildman–Crippen LogP) is 9.91. The first-order valence-corrected chi connectivity index (χ1v) is 16.1. The summed E-state index contributed by atoms with van der Waals surface area (Å²) in [7, 11) is 0. The molecule has 1 unspecified atom stereocenters. The van der Waals surface area contributed by atoms with Crippen molar-refractivity contribution < 1.29 is 0 Å². The molecule has 0 spiro atoms. The van der Waals surface area contributed by atoms with E-state index >= 15 is 0 Å². The lowest BCUT2D eigenvalue weighted by Gasteiger charge is -2.51. The smallest absolute Gasteiger partial charge is 0.164 e. The molecule has 218 valence electrons. The Balaban J connectivity index is 1.30. The van der Waals surface area contributed by atoms with Crippen molar-refractivity contribution in [3.8, 4) is 51.4 Å². The summed E-state index contributed by atoms with van der Waals surface area (Å²) in [6, 6.07) is 37.5. The second-order valence-electron chi connectivity index (χ2n) is 13.1. The van der Waals surface area contributed by atoms with Crippen molar-refractivity contribution in [3.63, 3.8) is 0 Å². The monoisotopic (exact) mass is 574 g/mol. The third-order valence-corrected chi connectivity index (χ3v) is 9.97. The molecule has 0 saturated heterocycles. The Morgan fingerprint density at radius 2 is 1.36 bits per heavy atom. The Labute approximate surface area is 260 Å². The molecule has 4 nitrogen and oxygen atoms in total. The van der Waals surface area contributed by atoms with Crippen LogP contribution in [0.4, 0.5) is 0 Å². The number of fused-ring (bicyclic) bond motifs is 2. The van der Waals surface area contributed by atoms with E-state index in [1.165, 1.54) is 49.7 Å². The van der Waals surface area contributed by atoms with Crippen LogP contribution in [0.25, 0.3) is 45.3 Å². The van der Waals surface area contributed by atoms with Crippen molar-refractivity contribution >= 4 is 0 Å². The number of hydrogen-bond donors (Lipinski definition) is 0. The molecule has 0 radical (unpaired) electrons. The Morgan fingerprint density at radius 3 is 2.11 bits per heavy atom. The van der Waals surface area contributed by atoms with Gasteiger partial charge < -0.3 is 0 Å². The summed E-state index contributed by atoms with van der Waals surface area (Å²) < 4.78 is 0. The number of hydrogen-bond acceptors (Lipinski definition) is 4. The molecule has 0 aliphatic heterocycles. The van der Waals surface area contributed by atoms with E-state index in [1.807, 2.05) is 54.6 Å². The lowest BCUT2D eigenvalue weighted by molar-refractivity contribution is 0.0702. The molecule has 2 aliphatic rings.